The predicted octanol–water partition coefficient (Wildman–Crippen LogP) is -0.231. The van der Waals surface area contributed by atoms with Gasteiger partial charge in [-0.15, -0.1) is 0 Å². The Bertz CT molecular complexity index is 172. The van der Waals surface area contributed by atoms with E-state index in [1.165, 1.54) is 0 Å². The van der Waals surface area contributed by atoms with Crippen LogP contribution in [0.5, 0.6) is 0 Å². The Hall–Kier alpha value is -0.770. The van der Waals surface area contributed by atoms with Crippen molar-refractivity contribution in [2.75, 3.05) is 19.7 Å². The molecule has 1 rings (SSSR count). The summed E-state index contributed by atoms with van der Waals surface area (Å²) in [4.78, 5) is 12.2. The van der Waals surface area contributed by atoms with Crippen LogP contribution >= 0.6 is 0 Å². The van der Waals surface area contributed by atoms with Crippen LogP contribution in [0.1, 0.15) is 13.3 Å². The average molecular weight is 158 g/mol. The van der Waals surface area contributed by atoms with Crippen molar-refractivity contribution in [3.63, 3.8) is 0 Å². The maximum Gasteiger partial charge on any atom is 0.314 e. The highest BCUT2D eigenvalue weighted by Crippen LogP contribution is 2.28. The molecule has 0 aromatic carbocycles. The van der Waals surface area contributed by atoms with Crippen LogP contribution in [0.25, 0.3) is 0 Å². The van der Waals surface area contributed by atoms with E-state index in [0.717, 1.165) is 6.42 Å². The Labute approximate surface area is 66.0 Å². The summed E-state index contributed by atoms with van der Waals surface area (Å²) in [7, 11) is 0. The van der Waals surface area contributed by atoms with E-state index in [0.29, 0.717) is 13.1 Å². The molecule has 0 aliphatic carbocycles. The lowest BCUT2D eigenvalue weighted by molar-refractivity contribution is 0.148. The molecule has 4 nitrogen and oxygen atoms in total. The molecule has 1 atom stereocenters. The summed E-state index contributed by atoms with van der Waals surface area (Å²) in [5, 5.41) is 8.95. The number of nitrogens with two attached hydrogens (primary N) is 1. The van der Waals surface area contributed by atoms with E-state index >= 15 is 0 Å². The van der Waals surface area contributed by atoms with Gasteiger partial charge in [0.05, 0.1) is 6.61 Å². The van der Waals surface area contributed by atoms with Gasteiger partial charge in [-0.25, -0.2) is 4.79 Å². The number of carbonyl (C=O) groups is 1. The Morgan fingerprint density at radius 2 is 2.45 bits per heavy atom. The number of likely N-dealkylation sites (tertiary alicyclic amines) is 1. The molecule has 0 aromatic heterocycles. The zero-order chi connectivity index (χ0) is 8.48. The van der Waals surface area contributed by atoms with Crippen molar-refractivity contribution in [1.29, 1.82) is 0 Å². The number of amides is 2. The SMILES string of the molecule is CC1(CO)CCN(C(N)=O)C1. The fraction of sp³-hybridized carbons (Fsp3) is 0.857. The Balaban J connectivity index is 2.53. The lowest BCUT2D eigenvalue weighted by Gasteiger charge is -2.20. The third-order valence-corrected chi connectivity index (χ3v) is 2.25. The van der Waals surface area contributed by atoms with Crippen LogP contribution in [-0.2, 0) is 0 Å². The number of urea groups is 1. The second kappa shape index (κ2) is 2.70. The smallest absolute Gasteiger partial charge is 0.314 e. The minimum absolute atomic E-state index is 0.122. The predicted molar refractivity (Wildman–Crippen MR) is 41.0 cm³/mol. The second-order valence-corrected chi connectivity index (χ2v) is 3.48. The third-order valence-electron chi connectivity index (χ3n) is 2.25. The standard InChI is InChI=1S/C7H14N2O2/c1-7(5-10)2-3-9(4-7)6(8)11/h10H,2-5H2,1H3,(H2,8,11). The van der Waals surface area contributed by atoms with E-state index < -0.39 is 0 Å². The van der Waals surface area contributed by atoms with Gasteiger partial charge in [0.1, 0.15) is 0 Å². The summed E-state index contributed by atoms with van der Waals surface area (Å²) in [5.41, 5.74) is 4.95. The van der Waals surface area contributed by atoms with Crippen molar-refractivity contribution in [3.8, 4) is 0 Å². The highest BCUT2D eigenvalue weighted by Gasteiger charge is 2.34. The monoisotopic (exact) mass is 158 g/mol. The molecule has 4 heteroatoms. The average Bonchev–Trinajstić information content (AvgIpc) is 2.33. The Morgan fingerprint density at radius 3 is 2.73 bits per heavy atom. The van der Waals surface area contributed by atoms with Crippen molar-refractivity contribution < 1.29 is 9.90 Å². The minimum Gasteiger partial charge on any atom is -0.396 e. The number of hydrogen-bond donors (Lipinski definition) is 2. The van der Waals surface area contributed by atoms with Crippen LogP contribution in [0, 0.1) is 5.41 Å². The minimum atomic E-state index is -0.387. The normalized spacial score (nSPS) is 30.9. The largest absolute Gasteiger partial charge is 0.396 e. The van der Waals surface area contributed by atoms with Crippen LogP contribution in [0.4, 0.5) is 4.79 Å². The zero-order valence-electron chi connectivity index (χ0n) is 6.71. The molecular formula is C7H14N2O2. The molecule has 2 amide bonds. The van der Waals surface area contributed by atoms with Gasteiger partial charge in [-0.1, -0.05) is 6.92 Å². The van der Waals surface area contributed by atoms with Crippen molar-refractivity contribution in [1.82, 2.24) is 4.90 Å². The maximum absolute atomic E-state index is 10.7. The first-order chi connectivity index (χ1) is 5.07. The van der Waals surface area contributed by atoms with Gasteiger partial charge in [0.15, 0.2) is 0 Å². The highest BCUT2D eigenvalue weighted by molar-refractivity contribution is 5.72. The topological polar surface area (TPSA) is 66.6 Å². The van der Waals surface area contributed by atoms with Gasteiger partial charge >= 0.3 is 6.03 Å². The van der Waals surface area contributed by atoms with Gasteiger partial charge in [-0.05, 0) is 6.42 Å². The van der Waals surface area contributed by atoms with E-state index in [1.54, 1.807) is 4.90 Å². The molecular weight excluding hydrogens is 144 g/mol. The molecule has 64 valence electrons. The molecule has 0 aromatic rings. The first-order valence-electron chi connectivity index (χ1n) is 3.73. The highest BCUT2D eigenvalue weighted by atomic mass is 16.3. The van der Waals surface area contributed by atoms with Crippen molar-refractivity contribution in [2.45, 2.75) is 13.3 Å². The van der Waals surface area contributed by atoms with Crippen molar-refractivity contribution in [2.24, 2.45) is 11.1 Å². The molecule has 0 bridgehead atoms. The fourth-order valence-electron chi connectivity index (χ4n) is 1.34. The van der Waals surface area contributed by atoms with Crippen LogP contribution in [0.2, 0.25) is 0 Å². The van der Waals surface area contributed by atoms with E-state index in [2.05, 4.69) is 0 Å². The number of hydrogen-bond acceptors (Lipinski definition) is 2. The second-order valence-electron chi connectivity index (χ2n) is 3.48. The molecule has 1 aliphatic rings. The number of rotatable bonds is 1. The Kier molecular flexibility index (Phi) is 2.04. The zero-order valence-corrected chi connectivity index (χ0v) is 6.71. The number of nitrogens with zero attached hydrogens (tertiary/aromatic N) is 1. The molecule has 0 spiro atoms. The van der Waals surface area contributed by atoms with Gasteiger partial charge < -0.3 is 15.7 Å². The van der Waals surface area contributed by atoms with E-state index in [-0.39, 0.29) is 18.1 Å². The molecule has 1 fully saturated rings. The molecule has 1 saturated heterocycles. The molecule has 0 saturated carbocycles. The van der Waals surface area contributed by atoms with Crippen LogP contribution in [0.3, 0.4) is 0 Å². The quantitative estimate of drug-likeness (QED) is 0.553. The summed E-state index contributed by atoms with van der Waals surface area (Å²) >= 11 is 0. The summed E-state index contributed by atoms with van der Waals surface area (Å²) < 4.78 is 0. The van der Waals surface area contributed by atoms with Crippen LogP contribution in [-0.4, -0.2) is 35.7 Å². The summed E-state index contributed by atoms with van der Waals surface area (Å²) in [5.74, 6) is 0. The molecule has 3 N–H and O–H groups in total. The maximum atomic E-state index is 10.7. The van der Waals surface area contributed by atoms with Crippen molar-refractivity contribution >= 4 is 6.03 Å². The van der Waals surface area contributed by atoms with Gasteiger partial charge in [-0.3, -0.25) is 0 Å². The van der Waals surface area contributed by atoms with Crippen LogP contribution < -0.4 is 5.73 Å². The van der Waals surface area contributed by atoms with Gasteiger partial charge in [0.2, 0.25) is 0 Å². The van der Waals surface area contributed by atoms with E-state index in [4.69, 9.17) is 10.8 Å². The van der Waals surface area contributed by atoms with E-state index in [9.17, 15) is 4.79 Å². The number of primary amides is 1. The number of aliphatic hydroxyl groups excluding tert-OH is 1. The first-order valence-corrected chi connectivity index (χ1v) is 3.73. The van der Waals surface area contributed by atoms with Crippen LogP contribution in [0.15, 0.2) is 0 Å². The summed E-state index contributed by atoms with van der Waals surface area (Å²) in [6, 6.07) is -0.387. The Morgan fingerprint density at radius 1 is 1.82 bits per heavy atom. The summed E-state index contributed by atoms with van der Waals surface area (Å²) in [6.45, 7) is 3.33. The lowest BCUT2D eigenvalue weighted by atomic mass is 9.91. The molecule has 11 heavy (non-hydrogen) atoms. The fourth-order valence-corrected chi connectivity index (χ4v) is 1.34. The molecule has 0 radical (unpaired) electrons. The molecule has 1 aliphatic heterocycles. The third kappa shape index (κ3) is 1.63. The van der Waals surface area contributed by atoms with Gasteiger partial charge in [0.25, 0.3) is 0 Å². The lowest BCUT2D eigenvalue weighted by Crippen LogP contribution is -2.36. The summed E-state index contributed by atoms with van der Waals surface area (Å²) in [6.07, 6.45) is 0.840. The number of carbonyl (C=O) groups excluding carboxylic acids is 1. The van der Waals surface area contributed by atoms with Gasteiger partial charge in [-0.2, -0.15) is 0 Å². The molecule has 1 unspecified atom stereocenters. The van der Waals surface area contributed by atoms with Crippen molar-refractivity contribution in [3.05, 3.63) is 0 Å². The van der Waals surface area contributed by atoms with Gasteiger partial charge in [0, 0.05) is 18.5 Å². The first kappa shape index (κ1) is 8.33. The van der Waals surface area contributed by atoms with E-state index in [1.807, 2.05) is 6.92 Å². The number of aliphatic hydroxyl groups is 1. The molecule has 1 heterocycles.